The Labute approximate surface area is 149 Å². The van der Waals surface area contributed by atoms with E-state index < -0.39 is 6.10 Å². The van der Waals surface area contributed by atoms with Crippen molar-refractivity contribution in [2.45, 2.75) is 51.7 Å². The maximum absolute atomic E-state index is 12.4. The molecule has 0 heterocycles. The number of amides is 1. The first-order chi connectivity index (χ1) is 10.5. The lowest BCUT2D eigenvalue weighted by Crippen LogP contribution is -2.48. The van der Waals surface area contributed by atoms with Crippen LogP contribution in [0.3, 0.4) is 0 Å². The lowest BCUT2D eigenvalue weighted by molar-refractivity contribution is -0.128. The number of hydrogen-bond donors (Lipinski definition) is 2. The summed E-state index contributed by atoms with van der Waals surface area (Å²) in [5, 5.41) is 3.60. The standard InChI is InChI=1S/C17H25ClN2O2.ClH/c1-11-7-8-14(18)16(9-11)22-12(2)17(21)20-15-6-4-3-5-13(15)10-19;/h7-9,12-13,15H,3-6,10,19H2,1-2H3,(H,20,21);1H. The summed E-state index contributed by atoms with van der Waals surface area (Å²) < 4.78 is 5.72. The topological polar surface area (TPSA) is 64.3 Å². The first-order valence-electron chi connectivity index (χ1n) is 7.94. The number of carbonyl (C=O) groups is 1. The minimum Gasteiger partial charge on any atom is -0.479 e. The number of benzene rings is 1. The maximum Gasteiger partial charge on any atom is 0.261 e. The van der Waals surface area contributed by atoms with Crippen LogP contribution in [-0.4, -0.2) is 24.6 Å². The molecule has 0 spiro atoms. The number of rotatable bonds is 5. The number of aryl methyl sites for hydroxylation is 1. The SMILES string of the molecule is Cc1ccc(Cl)c(OC(C)C(=O)NC2CCCCC2CN)c1.Cl. The van der Waals surface area contributed by atoms with Gasteiger partial charge in [0.25, 0.3) is 5.91 Å². The zero-order chi connectivity index (χ0) is 16.1. The molecule has 1 aliphatic rings. The molecule has 2 rings (SSSR count). The van der Waals surface area contributed by atoms with Gasteiger partial charge in [-0.1, -0.05) is 30.5 Å². The highest BCUT2D eigenvalue weighted by Crippen LogP contribution is 2.27. The third-order valence-corrected chi connectivity index (χ3v) is 4.61. The summed E-state index contributed by atoms with van der Waals surface area (Å²) in [6.45, 7) is 4.32. The second-order valence-electron chi connectivity index (χ2n) is 6.09. The van der Waals surface area contributed by atoms with E-state index in [-0.39, 0.29) is 24.4 Å². The number of carbonyl (C=O) groups excluding carboxylic acids is 1. The summed E-state index contributed by atoms with van der Waals surface area (Å²) in [4.78, 5) is 12.4. The van der Waals surface area contributed by atoms with Gasteiger partial charge < -0.3 is 15.8 Å². The van der Waals surface area contributed by atoms with Crippen molar-refractivity contribution < 1.29 is 9.53 Å². The van der Waals surface area contributed by atoms with E-state index in [2.05, 4.69) is 5.32 Å². The lowest BCUT2D eigenvalue weighted by atomic mass is 9.84. The third-order valence-electron chi connectivity index (χ3n) is 4.30. The zero-order valence-corrected chi connectivity index (χ0v) is 15.3. The van der Waals surface area contributed by atoms with Gasteiger partial charge in [0.1, 0.15) is 5.75 Å². The van der Waals surface area contributed by atoms with Crippen LogP contribution in [0.15, 0.2) is 18.2 Å². The Kier molecular flexibility index (Phi) is 8.17. The Hall–Kier alpha value is -0.970. The Bertz CT molecular complexity index is 525. The average molecular weight is 361 g/mol. The fourth-order valence-electron chi connectivity index (χ4n) is 2.92. The van der Waals surface area contributed by atoms with Crippen molar-refractivity contribution in [2.75, 3.05) is 6.54 Å². The molecule has 0 bridgehead atoms. The third kappa shape index (κ3) is 5.55. The second-order valence-corrected chi connectivity index (χ2v) is 6.50. The molecule has 3 unspecified atom stereocenters. The summed E-state index contributed by atoms with van der Waals surface area (Å²) in [6.07, 6.45) is 3.82. The van der Waals surface area contributed by atoms with Crippen molar-refractivity contribution in [3.63, 3.8) is 0 Å². The van der Waals surface area contributed by atoms with Gasteiger partial charge >= 0.3 is 0 Å². The van der Waals surface area contributed by atoms with Crippen molar-refractivity contribution in [3.05, 3.63) is 28.8 Å². The van der Waals surface area contributed by atoms with E-state index in [9.17, 15) is 4.79 Å². The van der Waals surface area contributed by atoms with Crippen LogP contribution in [0.5, 0.6) is 5.75 Å². The average Bonchev–Trinajstić information content (AvgIpc) is 2.51. The molecule has 1 saturated carbocycles. The van der Waals surface area contributed by atoms with Gasteiger partial charge in [0.2, 0.25) is 0 Å². The van der Waals surface area contributed by atoms with E-state index >= 15 is 0 Å². The molecule has 1 amide bonds. The summed E-state index contributed by atoms with van der Waals surface area (Å²) >= 11 is 6.11. The zero-order valence-electron chi connectivity index (χ0n) is 13.7. The monoisotopic (exact) mass is 360 g/mol. The highest BCUT2D eigenvalue weighted by atomic mass is 35.5. The second kappa shape index (κ2) is 9.36. The van der Waals surface area contributed by atoms with Gasteiger partial charge in [0.05, 0.1) is 5.02 Å². The van der Waals surface area contributed by atoms with Crippen LogP contribution in [0.4, 0.5) is 0 Å². The molecule has 1 aromatic carbocycles. The summed E-state index contributed by atoms with van der Waals surface area (Å²) in [5.41, 5.74) is 6.85. The molecule has 1 aliphatic carbocycles. The van der Waals surface area contributed by atoms with Gasteiger partial charge in [-0.3, -0.25) is 4.79 Å². The molecule has 0 aromatic heterocycles. The molecular weight excluding hydrogens is 335 g/mol. The summed E-state index contributed by atoms with van der Waals surface area (Å²) in [6, 6.07) is 5.69. The summed E-state index contributed by atoms with van der Waals surface area (Å²) in [5.74, 6) is 0.804. The van der Waals surface area contributed by atoms with Crippen molar-refractivity contribution in [1.29, 1.82) is 0 Å². The van der Waals surface area contributed by atoms with Gasteiger partial charge in [-0.05, 0) is 56.8 Å². The molecule has 1 fully saturated rings. The smallest absolute Gasteiger partial charge is 0.261 e. The fraction of sp³-hybridized carbons (Fsp3) is 0.588. The van der Waals surface area contributed by atoms with E-state index in [4.69, 9.17) is 22.1 Å². The van der Waals surface area contributed by atoms with E-state index in [0.29, 0.717) is 23.2 Å². The minimum absolute atomic E-state index is 0. The number of nitrogens with one attached hydrogen (secondary N) is 1. The highest BCUT2D eigenvalue weighted by Gasteiger charge is 2.27. The van der Waals surface area contributed by atoms with Crippen LogP contribution in [-0.2, 0) is 4.79 Å². The first-order valence-corrected chi connectivity index (χ1v) is 8.32. The Morgan fingerprint density at radius 1 is 1.43 bits per heavy atom. The van der Waals surface area contributed by atoms with Crippen LogP contribution >= 0.6 is 24.0 Å². The summed E-state index contributed by atoms with van der Waals surface area (Å²) in [7, 11) is 0. The molecule has 0 radical (unpaired) electrons. The molecule has 0 saturated heterocycles. The number of ether oxygens (including phenoxy) is 1. The predicted molar refractivity (Wildman–Crippen MR) is 96.5 cm³/mol. The minimum atomic E-state index is -0.584. The molecule has 0 aliphatic heterocycles. The molecule has 1 aromatic rings. The van der Waals surface area contributed by atoms with Crippen molar-refractivity contribution >= 4 is 29.9 Å². The van der Waals surface area contributed by atoms with E-state index in [1.54, 1.807) is 13.0 Å². The van der Waals surface area contributed by atoms with Crippen molar-refractivity contribution in [3.8, 4) is 5.75 Å². The fourth-order valence-corrected chi connectivity index (χ4v) is 3.09. The predicted octanol–water partition coefficient (Wildman–Crippen LogP) is 3.47. The van der Waals surface area contributed by atoms with E-state index in [1.165, 1.54) is 6.42 Å². The molecule has 4 nitrogen and oxygen atoms in total. The van der Waals surface area contributed by atoms with Crippen molar-refractivity contribution in [1.82, 2.24) is 5.32 Å². The molecular formula is C17H26Cl2N2O2. The Balaban J connectivity index is 0.00000264. The van der Waals surface area contributed by atoms with Gasteiger partial charge in [0, 0.05) is 6.04 Å². The lowest BCUT2D eigenvalue weighted by Gasteiger charge is -2.32. The van der Waals surface area contributed by atoms with Gasteiger partial charge in [-0.25, -0.2) is 0 Å². The van der Waals surface area contributed by atoms with Crippen LogP contribution < -0.4 is 15.8 Å². The van der Waals surface area contributed by atoms with Gasteiger partial charge in [-0.15, -0.1) is 12.4 Å². The van der Waals surface area contributed by atoms with Gasteiger partial charge in [-0.2, -0.15) is 0 Å². The largest absolute Gasteiger partial charge is 0.479 e. The Morgan fingerprint density at radius 2 is 2.13 bits per heavy atom. The number of halogens is 2. The van der Waals surface area contributed by atoms with E-state index in [0.717, 1.165) is 24.8 Å². The van der Waals surface area contributed by atoms with Crippen molar-refractivity contribution in [2.24, 2.45) is 11.7 Å². The first kappa shape index (κ1) is 20.1. The maximum atomic E-state index is 12.4. The molecule has 130 valence electrons. The van der Waals surface area contributed by atoms with Gasteiger partial charge in [0.15, 0.2) is 6.10 Å². The number of hydrogen-bond acceptors (Lipinski definition) is 3. The molecule has 23 heavy (non-hydrogen) atoms. The normalized spacial score (nSPS) is 21.9. The molecule has 3 N–H and O–H groups in total. The number of nitrogens with two attached hydrogens (primary N) is 1. The molecule has 3 atom stereocenters. The Morgan fingerprint density at radius 3 is 2.83 bits per heavy atom. The van der Waals surface area contributed by atoms with Crippen LogP contribution in [0.2, 0.25) is 5.02 Å². The van der Waals surface area contributed by atoms with E-state index in [1.807, 2.05) is 19.1 Å². The highest BCUT2D eigenvalue weighted by molar-refractivity contribution is 6.32. The quantitative estimate of drug-likeness (QED) is 0.844. The van der Waals surface area contributed by atoms with Crippen LogP contribution in [0.25, 0.3) is 0 Å². The van der Waals surface area contributed by atoms with Crippen LogP contribution in [0, 0.1) is 12.8 Å². The van der Waals surface area contributed by atoms with Crippen LogP contribution in [0.1, 0.15) is 38.2 Å². The molecule has 6 heteroatoms.